The zero-order valence-corrected chi connectivity index (χ0v) is 25.9. The molecule has 0 saturated heterocycles. The van der Waals surface area contributed by atoms with Gasteiger partial charge in [-0.05, 0) is 6.42 Å². The third-order valence-corrected chi connectivity index (χ3v) is 7.41. The van der Waals surface area contributed by atoms with Gasteiger partial charge in [-0.3, -0.25) is 4.79 Å². The topological polar surface area (TPSA) is 252 Å². The van der Waals surface area contributed by atoms with E-state index in [0.717, 1.165) is 25.7 Å². The van der Waals surface area contributed by atoms with Gasteiger partial charge in [0.25, 0.3) is 0 Å². The van der Waals surface area contributed by atoms with Crippen molar-refractivity contribution in [1.82, 2.24) is 0 Å². The van der Waals surface area contributed by atoms with E-state index in [9.17, 15) is 50.1 Å². The molecule has 0 aliphatic heterocycles. The summed E-state index contributed by atoms with van der Waals surface area (Å²) in [6, 6.07) is 0. The molecule has 44 heavy (non-hydrogen) atoms. The number of aliphatic hydroxyl groups excluding tert-OH is 9. The maximum atomic E-state index is 12.6. The number of unbranched alkanes of at least 4 members (excludes halogenated alkanes) is 14. The Morgan fingerprint density at radius 1 is 0.523 bits per heavy atom. The fourth-order valence-corrected chi connectivity index (χ4v) is 4.49. The second kappa shape index (κ2) is 25.4. The second-order valence-corrected chi connectivity index (χ2v) is 11.3. The van der Waals surface area contributed by atoms with Gasteiger partial charge in [0, 0.05) is 6.42 Å². The van der Waals surface area contributed by atoms with Crippen LogP contribution in [0.1, 0.15) is 110 Å². The van der Waals surface area contributed by atoms with Gasteiger partial charge >= 0.3 is 17.9 Å². The molecule has 0 rings (SSSR count). The predicted molar refractivity (Wildman–Crippen MR) is 157 cm³/mol. The van der Waals surface area contributed by atoms with Gasteiger partial charge in [-0.2, -0.15) is 0 Å². The highest BCUT2D eigenvalue weighted by Gasteiger charge is 2.42. The van der Waals surface area contributed by atoms with Crippen molar-refractivity contribution in [3.8, 4) is 0 Å². The van der Waals surface area contributed by atoms with E-state index < -0.39 is 80.0 Å². The van der Waals surface area contributed by atoms with E-state index in [1.807, 2.05) is 0 Å². The minimum absolute atomic E-state index is 0.187. The van der Waals surface area contributed by atoms with Gasteiger partial charge in [-0.25, -0.2) is 9.59 Å². The molecule has 0 radical (unpaired) electrons. The first kappa shape index (κ1) is 42.2. The molecule has 0 aromatic carbocycles. The first-order chi connectivity index (χ1) is 20.9. The van der Waals surface area contributed by atoms with Crippen molar-refractivity contribution < 1.29 is 69.8 Å². The Labute approximate surface area is 259 Å². The molecular formula is C30H56O14. The van der Waals surface area contributed by atoms with E-state index in [0.29, 0.717) is 12.8 Å². The van der Waals surface area contributed by atoms with Gasteiger partial charge in [-0.15, -0.1) is 0 Å². The van der Waals surface area contributed by atoms with Gasteiger partial charge in [0.2, 0.25) is 6.10 Å². The van der Waals surface area contributed by atoms with Crippen LogP contribution in [0.2, 0.25) is 0 Å². The number of carbonyl (C=O) groups excluding carboxylic acids is 3. The fraction of sp³-hybridized carbons (Fsp3) is 0.900. The molecule has 0 unspecified atom stereocenters. The lowest BCUT2D eigenvalue weighted by Gasteiger charge is -2.28. The third-order valence-electron chi connectivity index (χ3n) is 7.41. The van der Waals surface area contributed by atoms with Crippen molar-refractivity contribution >= 4 is 17.9 Å². The molecule has 0 aromatic heterocycles. The first-order valence-corrected chi connectivity index (χ1v) is 15.9. The minimum atomic E-state index is -2.61. The van der Waals surface area contributed by atoms with Crippen molar-refractivity contribution in [1.29, 1.82) is 0 Å². The Hall–Kier alpha value is -1.75. The average molecular weight is 641 g/mol. The quantitative estimate of drug-likeness (QED) is 0.0319. The lowest BCUT2D eigenvalue weighted by atomic mass is 10.0. The lowest BCUT2D eigenvalue weighted by molar-refractivity contribution is -0.195. The first-order valence-electron chi connectivity index (χ1n) is 15.9. The molecule has 0 bridgehead atoms. The zero-order valence-electron chi connectivity index (χ0n) is 25.9. The van der Waals surface area contributed by atoms with Crippen molar-refractivity contribution in [2.75, 3.05) is 13.2 Å². The van der Waals surface area contributed by atoms with Crippen molar-refractivity contribution in [2.24, 2.45) is 0 Å². The third kappa shape index (κ3) is 17.7. The van der Waals surface area contributed by atoms with E-state index in [1.54, 1.807) is 0 Å². The number of rotatable bonds is 27. The van der Waals surface area contributed by atoms with Crippen LogP contribution < -0.4 is 0 Å². The zero-order chi connectivity index (χ0) is 33.5. The van der Waals surface area contributed by atoms with Gasteiger partial charge in [0.15, 0.2) is 6.10 Å². The number of ether oxygens (including phenoxy) is 2. The Morgan fingerprint density at radius 3 is 1.32 bits per heavy atom. The highest BCUT2D eigenvalue weighted by molar-refractivity contribution is 5.91. The Balaban J connectivity index is 4.68. The van der Waals surface area contributed by atoms with E-state index in [1.165, 1.54) is 57.8 Å². The summed E-state index contributed by atoms with van der Waals surface area (Å²) in [5, 5.41) is 86.5. The van der Waals surface area contributed by atoms with Crippen LogP contribution >= 0.6 is 0 Å². The van der Waals surface area contributed by atoms with Gasteiger partial charge in [0.1, 0.15) is 36.6 Å². The van der Waals surface area contributed by atoms with Crippen LogP contribution in [0.3, 0.4) is 0 Å². The van der Waals surface area contributed by atoms with Crippen LogP contribution in [0.4, 0.5) is 0 Å². The fourth-order valence-electron chi connectivity index (χ4n) is 4.49. The molecule has 0 aliphatic carbocycles. The Kier molecular flexibility index (Phi) is 24.4. The van der Waals surface area contributed by atoms with Crippen LogP contribution in [0.5, 0.6) is 0 Å². The maximum absolute atomic E-state index is 12.6. The highest BCUT2D eigenvalue weighted by Crippen LogP contribution is 2.16. The number of carbonyl (C=O) groups is 3. The van der Waals surface area contributed by atoms with E-state index in [-0.39, 0.29) is 6.42 Å². The van der Waals surface area contributed by atoms with Crippen LogP contribution in [0.15, 0.2) is 0 Å². The summed E-state index contributed by atoms with van der Waals surface area (Å²) in [6.07, 6.45) is -1.65. The largest absolute Gasteiger partial charge is 0.447 e. The van der Waals surface area contributed by atoms with Crippen molar-refractivity contribution in [3.63, 3.8) is 0 Å². The normalized spacial score (nSPS) is 17.1. The van der Waals surface area contributed by atoms with E-state index >= 15 is 0 Å². The van der Waals surface area contributed by atoms with Crippen LogP contribution in [0.25, 0.3) is 0 Å². The number of esters is 3. The maximum Gasteiger partial charge on any atom is 0.358 e. The van der Waals surface area contributed by atoms with E-state index in [2.05, 4.69) is 11.7 Å². The number of hydrogen-bond donors (Lipinski definition) is 9. The molecule has 0 fully saturated rings. The summed E-state index contributed by atoms with van der Waals surface area (Å²) in [7, 11) is 0. The molecule has 9 N–H and O–H groups in total. The Bertz CT molecular complexity index is 766. The van der Waals surface area contributed by atoms with Crippen LogP contribution in [-0.2, 0) is 23.9 Å². The molecule has 0 aliphatic rings. The molecule has 0 spiro atoms. The summed E-state index contributed by atoms with van der Waals surface area (Å²) in [5.74, 6) is -4.67. The standard InChI is InChI=1S/C30H56O14/c1-2-3-4-5-6-7-8-9-10-11-12-13-14-15-16-17-22(35)43-28(26(39)24(37)21(34)19-32)30(42)44-29(41)27(40)25(38)23(36)20(33)18-31/h20-21,23-28,31-34,36-40H,2-19H2,1H3/t20-,21-,23-,24-,25+,26+,27-,28-/m1/s1. The van der Waals surface area contributed by atoms with Crippen molar-refractivity contribution in [3.05, 3.63) is 0 Å². The molecule has 14 heteroatoms. The molecule has 8 atom stereocenters. The van der Waals surface area contributed by atoms with Crippen LogP contribution in [0, 0.1) is 0 Å². The predicted octanol–water partition coefficient (Wildman–Crippen LogP) is -0.260. The molecule has 0 amide bonds. The summed E-state index contributed by atoms with van der Waals surface area (Å²) in [4.78, 5) is 37.1. The molecule has 0 heterocycles. The lowest BCUT2D eigenvalue weighted by Crippen LogP contribution is -2.53. The second-order valence-electron chi connectivity index (χ2n) is 11.3. The molecule has 0 saturated carbocycles. The summed E-state index contributed by atoms with van der Waals surface area (Å²) >= 11 is 0. The van der Waals surface area contributed by atoms with Crippen molar-refractivity contribution in [2.45, 2.75) is 158 Å². The Morgan fingerprint density at radius 2 is 0.909 bits per heavy atom. The summed E-state index contributed by atoms with van der Waals surface area (Å²) < 4.78 is 9.26. The number of hydrogen-bond acceptors (Lipinski definition) is 14. The molecular weight excluding hydrogens is 584 g/mol. The van der Waals surface area contributed by atoms with Gasteiger partial charge in [0.05, 0.1) is 13.2 Å². The minimum Gasteiger partial charge on any atom is -0.447 e. The van der Waals surface area contributed by atoms with E-state index in [4.69, 9.17) is 14.9 Å². The summed E-state index contributed by atoms with van der Waals surface area (Å²) in [5.41, 5.74) is 0. The molecule has 260 valence electrons. The summed E-state index contributed by atoms with van der Waals surface area (Å²) in [6.45, 7) is 0.137. The smallest absolute Gasteiger partial charge is 0.358 e. The average Bonchev–Trinajstić information content (AvgIpc) is 3.02. The molecule has 14 nitrogen and oxygen atoms in total. The highest BCUT2D eigenvalue weighted by atomic mass is 16.6. The number of aliphatic hydroxyl groups is 9. The molecule has 0 aromatic rings. The SMILES string of the molecule is CCCCCCCCCCCCCCCCCC(=O)O[C@@H](C(=O)OC(=O)[C@H](O)[C@@H](O)[C@H](O)[C@H](O)CO)[C@@H](O)[C@H](O)[C@H](O)CO. The monoisotopic (exact) mass is 640 g/mol. The van der Waals surface area contributed by atoms with Gasteiger partial charge in [-0.1, -0.05) is 96.8 Å². The van der Waals surface area contributed by atoms with Gasteiger partial charge < -0.3 is 55.4 Å². The van der Waals surface area contributed by atoms with Crippen LogP contribution in [-0.4, -0.2) is 126 Å².